The minimum atomic E-state index is -0.515. The maximum absolute atomic E-state index is 11.9. The molecule has 7 nitrogen and oxygen atoms in total. The van der Waals surface area contributed by atoms with Crippen LogP contribution in [0.3, 0.4) is 0 Å². The number of nitrogens with one attached hydrogen (secondary N) is 2. The molecule has 0 fully saturated rings. The zero-order valence-corrected chi connectivity index (χ0v) is 9.51. The Morgan fingerprint density at radius 1 is 1.50 bits per heavy atom. The van der Waals surface area contributed by atoms with Crippen LogP contribution in [0.1, 0.15) is 15.9 Å². The number of nitro groups is 1. The number of amides is 1. The van der Waals surface area contributed by atoms with E-state index in [1.54, 1.807) is 6.20 Å². The number of anilines is 1. The lowest BCUT2D eigenvalue weighted by atomic mass is 10.1. The smallest absolute Gasteiger partial charge is 0.273 e. The molecule has 0 aliphatic rings. The van der Waals surface area contributed by atoms with Crippen molar-refractivity contribution < 1.29 is 9.72 Å². The number of imidazole rings is 1. The Morgan fingerprint density at radius 2 is 2.28 bits per heavy atom. The highest BCUT2D eigenvalue weighted by Gasteiger charge is 2.18. The molecular formula is C11H10N4O3. The van der Waals surface area contributed by atoms with Gasteiger partial charge in [0.25, 0.3) is 11.6 Å². The van der Waals surface area contributed by atoms with Crippen LogP contribution in [0.5, 0.6) is 0 Å². The van der Waals surface area contributed by atoms with Gasteiger partial charge in [0.2, 0.25) is 5.95 Å². The van der Waals surface area contributed by atoms with Gasteiger partial charge in [-0.1, -0.05) is 6.07 Å². The second-order valence-corrected chi connectivity index (χ2v) is 3.60. The summed E-state index contributed by atoms with van der Waals surface area (Å²) in [6.07, 6.45) is 3.06. The molecule has 2 N–H and O–H groups in total. The fourth-order valence-corrected chi connectivity index (χ4v) is 1.58. The first-order valence-corrected chi connectivity index (χ1v) is 5.14. The first-order chi connectivity index (χ1) is 8.59. The van der Waals surface area contributed by atoms with Gasteiger partial charge in [0.15, 0.2) is 0 Å². The zero-order valence-electron chi connectivity index (χ0n) is 9.51. The van der Waals surface area contributed by atoms with Crippen molar-refractivity contribution in [3.8, 4) is 0 Å². The van der Waals surface area contributed by atoms with Gasteiger partial charge in [-0.15, -0.1) is 0 Å². The number of benzene rings is 1. The second kappa shape index (κ2) is 4.66. The minimum absolute atomic E-state index is 0.0814. The normalized spacial score (nSPS) is 10.1. The van der Waals surface area contributed by atoms with Crippen LogP contribution in [-0.4, -0.2) is 20.8 Å². The molecule has 0 saturated carbocycles. The van der Waals surface area contributed by atoms with E-state index in [4.69, 9.17) is 0 Å². The Kier molecular flexibility index (Phi) is 3.05. The third-order valence-corrected chi connectivity index (χ3v) is 2.48. The van der Waals surface area contributed by atoms with E-state index >= 15 is 0 Å². The summed E-state index contributed by atoms with van der Waals surface area (Å²) in [7, 11) is 0. The van der Waals surface area contributed by atoms with Crippen molar-refractivity contribution in [2.24, 2.45) is 0 Å². The number of aromatic nitrogens is 2. The van der Waals surface area contributed by atoms with Crippen LogP contribution in [0.2, 0.25) is 0 Å². The predicted octanol–water partition coefficient (Wildman–Crippen LogP) is 1.88. The van der Waals surface area contributed by atoms with Gasteiger partial charge >= 0.3 is 0 Å². The monoisotopic (exact) mass is 246 g/mol. The molecule has 0 bridgehead atoms. The third-order valence-electron chi connectivity index (χ3n) is 2.48. The van der Waals surface area contributed by atoms with Gasteiger partial charge in [-0.2, -0.15) is 0 Å². The number of H-pyrrole nitrogens is 1. The van der Waals surface area contributed by atoms with Crippen LogP contribution < -0.4 is 5.32 Å². The summed E-state index contributed by atoms with van der Waals surface area (Å²) < 4.78 is 0. The quantitative estimate of drug-likeness (QED) is 0.637. The number of hydrogen-bond donors (Lipinski definition) is 2. The molecule has 0 aliphatic heterocycles. The summed E-state index contributed by atoms with van der Waals surface area (Å²) in [4.78, 5) is 28.7. The predicted molar refractivity (Wildman–Crippen MR) is 64.4 cm³/mol. The highest BCUT2D eigenvalue weighted by molar-refractivity contribution is 6.04. The number of nitro benzene ring substituents is 1. The lowest BCUT2D eigenvalue weighted by Gasteiger charge is -2.05. The lowest BCUT2D eigenvalue weighted by Crippen LogP contribution is -2.14. The Morgan fingerprint density at radius 3 is 2.89 bits per heavy atom. The Bertz CT molecular complexity index is 592. The van der Waals surface area contributed by atoms with Gasteiger partial charge in [-0.3, -0.25) is 20.2 Å². The van der Waals surface area contributed by atoms with Crippen LogP contribution in [0, 0.1) is 17.0 Å². The molecule has 1 amide bonds. The van der Waals surface area contributed by atoms with E-state index in [1.165, 1.54) is 31.3 Å². The van der Waals surface area contributed by atoms with Gasteiger partial charge in [0.1, 0.15) is 0 Å². The maximum atomic E-state index is 11.9. The molecule has 0 atom stereocenters. The van der Waals surface area contributed by atoms with Crippen molar-refractivity contribution in [3.63, 3.8) is 0 Å². The lowest BCUT2D eigenvalue weighted by molar-refractivity contribution is -0.385. The average molecular weight is 246 g/mol. The highest BCUT2D eigenvalue weighted by atomic mass is 16.6. The molecule has 0 unspecified atom stereocenters. The molecule has 2 aromatic rings. The van der Waals surface area contributed by atoms with Gasteiger partial charge < -0.3 is 4.98 Å². The molecule has 92 valence electrons. The number of hydrogen-bond acceptors (Lipinski definition) is 4. The van der Waals surface area contributed by atoms with E-state index in [1.807, 2.05) is 0 Å². The van der Waals surface area contributed by atoms with Crippen molar-refractivity contribution in [1.82, 2.24) is 9.97 Å². The standard InChI is InChI=1S/C11H10N4O3/c1-7-8(3-2-4-9(7)15(17)18)10(16)14-11-12-5-6-13-11/h2-6H,1H3,(H2,12,13,14,16). The summed E-state index contributed by atoms with van der Waals surface area (Å²) in [6.45, 7) is 1.54. The summed E-state index contributed by atoms with van der Waals surface area (Å²) in [5.41, 5.74) is 0.495. The first-order valence-electron chi connectivity index (χ1n) is 5.14. The van der Waals surface area contributed by atoms with Crippen LogP contribution >= 0.6 is 0 Å². The van der Waals surface area contributed by atoms with Gasteiger partial charge in [0, 0.05) is 29.6 Å². The third kappa shape index (κ3) is 2.19. The molecule has 18 heavy (non-hydrogen) atoms. The molecule has 1 aromatic carbocycles. The van der Waals surface area contributed by atoms with E-state index in [2.05, 4.69) is 15.3 Å². The summed E-state index contributed by atoms with van der Waals surface area (Å²) in [6, 6.07) is 4.36. The molecule has 0 spiro atoms. The van der Waals surface area contributed by atoms with Gasteiger partial charge in [-0.05, 0) is 13.0 Å². The van der Waals surface area contributed by atoms with E-state index in [0.29, 0.717) is 11.5 Å². The SMILES string of the molecule is Cc1c(C(=O)Nc2ncc[nH]2)cccc1[N+](=O)[O-]. The fourth-order valence-electron chi connectivity index (χ4n) is 1.58. The van der Waals surface area contributed by atoms with E-state index in [0.717, 1.165) is 0 Å². The van der Waals surface area contributed by atoms with Gasteiger partial charge in [-0.25, -0.2) is 4.98 Å². The number of carbonyl (C=O) groups is 1. The van der Waals surface area contributed by atoms with Crippen molar-refractivity contribution >= 4 is 17.5 Å². The largest absolute Gasteiger partial charge is 0.331 e. The zero-order chi connectivity index (χ0) is 13.1. The van der Waals surface area contributed by atoms with Crippen molar-refractivity contribution in [2.75, 3.05) is 5.32 Å². The number of rotatable bonds is 3. The van der Waals surface area contributed by atoms with Crippen LogP contribution in [0.15, 0.2) is 30.6 Å². The molecule has 1 heterocycles. The number of carbonyl (C=O) groups excluding carboxylic acids is 1. The topological polar surface area (TPSA) is 101 Å². The van der Waals surface area contributed by atoms with Crippen LogP contribution in [0.4, 0.5) is 11.6 Å². The van der Waals surface area contributed by atoms with E-state index in [9.17, 15) is 14.9 Å². The summed E-state index contributed by atoms with van der Waals surface area (Å²) in [5.74, 6) is -0.142. The van der Waals surface area contributed by atoms with Crippen molar-refractivity contribution in [1.29, 1.82) is 0 Å². The average Bonchev–Trinajstić information content (AvgIpc) is 2.81. The molecule has 1 aromatic heterocycles. The molecule has 0 aliphatic carbocycles. The number of nitrogens with zero attached hydrogens (tertiary/aromatic N) is 2. The Labute approximate surface area is 102 Å². The molecule has 7 heteroatoms. The molecule has 0 radical (unpaired) electrons. The van der Waals surface area contributed by atoms with Crippen molar-refractivity contribution in [3.05, 3.63) is 51.8 Å². The van der Waals surface area contributed by atoms with E-state index in [-0.39, 0.29) is 11.3 Å². The Balaban J connectivity index is 2.31. The van der Waals surface area contributed by atoms with Crippen LogP contribution in [0.25, 0.3) is 0 Å². The highest BCUT2D eigenvalue weighted by Crippen LogP contribution is 2.21. The van der Waals surface area contributed by atoms with E-state index < -0.39 is 10.8 Å². The Hall–Kier alpha value is -2.70. The van der Waals surface area contributed by atoms with Crippen LogP contribution in [-0.2, 0) is 0 Å². The minimum Gasteiger partial charge on any atom is -0.331 e. The molecule has 0 saturated heterocycles. The summed E-state index contributed by atoms with van der Waals surface area (Å²) >= 11 is 0. The first kappa shape index (κ1) is 11.8. The fraction of sp³-hybridized carbons (Fsp3) is 0.0909. The second-order valence-electron chi connectivity index (χ2n) is 3.60. The van der Waals surface area contributed by atoms with Crippen molar-refractivity contribution in [2.45, 2.75) is 6.92 Å². The number of aromatic amines is 1. The summed E-state index contributed by atoms with van der Waals surface area (Å²) in [5, 5.41) is 13.3. The molecule has 2 rings (SSSR count). The van der Waals surface area contributed by atoms with Gasteiger partial charge in [0.05, 0.1) is 4.92 Å². The maximum Gasteiger partial charge on any atom is 0.273 e. The molecular weight excluding hydrogens is 236 g/mol.